The Morgan fingerprint density at radius 3 is 2.93 bits per heavy atom. The highest BCUT2D eigenvalue weighted by Crippen LogP contribution is 1.96. The third-order valence-corrected chi connectivity index (χ3v) is 2.02. The number of hydrogen-bond acceptors (Lipinski definition) is 2. The maximum absolute atomic E-state index is 5.54. The summed E-state index contributed by atoms with van der Waals surface area (Å²) in [5.74, 6) is 0.616. The molecule has 1 unspecified atom stereocenters. The molecule has 0 aromatic heterocycles. The van der Waals surface area contributed by atoms with Gasteiger partial charge in [0, 0.05) is 6.61 Å². The molecule has 0 heterocycles. The van der Waals surface area contributed by atoms with E-state index < -0.39 is 0 Å². The summed E-state index contributed by atoms with van der Waals surface area (Å²) in [6.07, 6.45) is 5.30. The fourth-order valence-electron chi connectivity index (χ4n) is 1.20. The van der Waals surface area contributed by atoms with E-state index in [0.717, 1.165) is 39.1 Å². The molecule has 2 heteroatoms. The van der Waals surface area contributed by atoms with Crippen molar-refractivity contribution >= 4 is 0 Å². The van der Waals surface area contributed by atoms with Crippen LogP contribution in [-0.2, 0) is 4.74 Å². The van der Waals surface area contributed by atoms with Gasteiger partial charge in [-0.3, -0.25) is 0 Å². The Balaban J connectivity index is 3.09. The van der Waals surface area contributed by atoms with Crippen molar-refractivity contribution in [3.05, 3.63) is 12.7 Å². The van der Waals surface area contributed by atoms with Crippen LogP contribution in [0.25, 0.3) is 0 Å². The highest BCUT2D eigenvalue weighted by molar-refractivity contribution is 4.65. The van der Waals surface area contributed by atoms with Crippen LogP contribution in [0, 0.1) is 5.92 Å². The number of rotatable bonds is 10. The molecule has 0 aliphatic heterocycles. The van der Waals surface area contributed by atoms with Gasteiger partial charge in [-0.1, -0.05) is 19.9 Å². The molecule has 1 N–H and O–H groups in total. The zero-order chi connectivity index (χ0) is 10.6. The Kier molecular flexibility index (Phi) is 10.5. The fraction of sp³-hybridized carbons (Fsp3) is 0.833. The van der Waals surface area contributed by atoms with Gasteiger partial charge in [-0.05, 0) is 38.3 Å². The number of unbranched alkanes of at least 4 members (excludes halogenated alkanes) is 1. The van der Waals surface area contributed by atoms with Crippen molar-refractivity contribution in [2.75, 3.05) is 26.3 Å². The van der Waals surface area contributed by atoms with E-state index in [2.05, 4.69) is 25.7 Å². The summed E-state index contributed by atoms with van der Waals surface area (Å²) in [6, 6.07) is 0. The Labute approximate surface area is 88.7 Å². The summed E-state index contributed by atoms with van der Waals surface area (Å²) in [6.45, 7) is 12.0. The molecule has 0 radical (unpaired) electrons. The summed E-state index contributed by atoms with van der Waals surface area (Å²) >= 11 is 0. The monoisotopic (exact) mass is 199 g/mol. The molecule has 84 valence electrons. The minimum atomic E-state index is 0.616. The van der Waals surface area contributed by atoms with Crippen LogP contribution in [-0.4, -0.2) is 26.3 Å². The van der Waals surface area contributed by atoms with Crippen LogP contribution in [0.15, 0.2) is 12.7 Å². The van der Waals surface area contributed by atoms with Crippen molar-refractivity contribution in [2.24, 2.45) is 5.92 Å². The molecule has 0 bridgehead atoms. The summed E-state index contributed by atoms with van der Waals surface area (Å²) in [5, 5.41) is 3.39. The average Bonchev–Trinajstić information content (AvgIpc) is 2.18. The largest absolute Gasteiger partial charge is 0.381 e. The highest BCUT2D eigenvalue weighted by atomic mass is 16.5. The minimum Gasteiger partial charge on any atom is -0.381 e. The lowest BCUT2D eigenvalue weighted by atomic mass is 10.2. The van der Waals surface area contributed by atoms with Crippen LogP contribution in [0.4, 0.5) is 0 Å². The Hall–Kier alpha value is -0.340. The predicted molar refractivity (Wildman–Crippen MR) is 62.6 cm³/mol. The van der Waals surface area contributed by atoms with E-state index >= 15 is 0 Å². The molecule has 0 rings (SSSR count). The van der Waals surface area contributed by atoms with Crippen molar-refractivity contribution < 1.29 is 4.74 Å². The maximum atomic E-state index is 5.54. The van der Waals surface area contributed by atoms with Gasteiger partial charge < -0.3 is 10.1 Å². The summed E-state index contributed by atoms with van der Waals surface area (Å²) < 4.78 is 5.54. The molecular weight excluding hydrogens is 174 g/mol. The van der Waals surface area contributed by atoms with E-state index in [1.807, 2.05) is 6.08 Å². The Morgan fingerprint density at radius 1 is 1.50 bits per heavy atom. The molecule has 0 aromatic carbocycles. The lowest BCUT2D eigenvalue weighted by Crippen LogP contribution is -2.24. The topological polar surface area (TPSA) is 21.3 Å². The van der Waals surface area contributed by atoms with Gasteiger partial charge in [-0.2, -0.15) is 0 Å². The minimum absolute atomic E-state index is 0.616. The lowest BCUT2D eigenvalue weighted by molar-refractivity contribution is 0.103. The standard InChI is InChI=1S/C12H25NO/c1-4-6-7-9-14-11-12(3)10-13-8-5-2/h4,12-13H,1,5-11H2,2-3H3. The third kappa shape index (κ3) is 9.75. The van der Waals surface area contributed by atoms with Gasteiger partial charge in [0.1, 0.15) is 0 Å². The second-order valence-electron chi connectivity index (χ2n) is 3.82. The van der Waals surface area contributed by atoms with Crippen LogP contribution >= 0.6 is 0 Å². The lowest BCUT2D eigenvalue weighted by Gasteiger charge is -2.12. The normalized spacial score (nSPS) is 12.7. The van der Waals surface area contributed by atoms with E-state index in [-0.39, 0.29) is 0 Å². The van der Waals surface area contributed by atoms with Gasteiger partial charge in [0.15, 0.2) is 0 Å². The zero-order valence-electron chi connectivity index (χ0n) is 9.72. The molecule has 0 amide bonds. The fourth-order valence-corrected chi connectivity index (χ4v) is 1.20. The second kappa shape index (κ2) is 10.7. The van der Waals surface area contributed by atoms with E-state index in [9.17, 15) is 0 Å². The molecule has 1 atom stereocenters. The molecule has 0 aromatic rings. The van der Waals surface area contributed by atoms with E-state index in [1.165, 1.54) is 6.42 Å². The van der Waals surface area contributed by atoms with Crippen molar-refractivity contribution in [1.82, 2.24) is 5.32 Å². The molecule has 0 aliphatic rings. The van der Waals surface area contributed by atoms with Crippen LogP contribution in [0.5, 0.6) is 0 Å². The van der Waals surface area contributed by atoms with Crippen molar-refractivity contribution in [3.63, 3.8) is 0 Å². The van der Waals surface area contributed by atoms with Crippen molar-refractivity contribution in [3.8, 4) is 0 Å². The van der Waals surface area contributed by atoms with E-state index in [4.69, 9.17) is 4.74 Å². The van der Waals surface area contributed by atoms with Crippen molar-refractivity contribution in [1.29, 1.82) is 0 Å². The van der Waals surface area contributed by atoms with Crippen LogP contribution in [0.2, 0.25) is 0 Å². The predicted octanol–water partition coefficient (Wildman–Crippen LogP) is 2.60. The average molecular weight is 199 g/mol. The zero-order valence-corrected chi connectivity index (χ0v) is 9.72. The van der Waals surface area contributed by atoms with Gasteiger partial charge in [0.2, 0.25) is 0 Å². The number of nitrogens with one attached hydrogen (secondary N) is 1. The first-order valence-corrected chi connectivity index (χ1v) is 5.70. The van der Waals surface area contributed by atoms with Gasteiger partial charge in [0.05, 0.1) is 6.61 Å². The van der Waals surface area contributed by atoms with Crippen LogP contribution in [0.3, 0.4) is 0 Å². The summed E-state index contributed by atoms with van der Waals surface area (Å²) in [4.78, 5) is 0. The first-order chi connectivity index (χ1) is 6.81. The van der Waals surface area contributed by atoms with Gasteiger partial charge in [0.25, 0.3) is 0 Å². The number of hydrogen-bond donors (Lipinski definition) is 1. The van der Waals surface area contributed by atoms with E-state index in [0.29, 0.717) is 5.92 Å². The van der Waals surface area contributed by atoms with E-state index in [1.54, 1.807) is 0 Å². The molecule has 0 spiro atoms. The van der Waals surface area contributed by atoms with Crippen LogP contribution in [0.1, 0.15) is 33.1 Å². The number of allylic oxidation sites excluding steroid dienone is 1. The van der Waals surface area contributed by atoms with Crippen molar-refractivity contribution in [2.45, 2.75) is 33.1 Å². The molecule has 0 fully saturated rings. The smallest absolute Gasteiger partial charge is 0.0503 e. The Morgan fingerprint density at radius 2 is 2.29 bits per heavy atom. The molecule has 0 saturated carbocycles. The van der Waals surface area contributed by atoms with Gasteiger partial charge in [-0.15, -0.1) is 6.58 Å². The first-order valence-electron chi connectivity index (χ1n) is 5.70. The number of ether oxygens (including phenoxy) is 1. The SMILES string of the molecule is C=CCCCOCC(C)CNCCC. The maximum Gasteiger partial charge on any atom is 0.0503 e. The highest BCUT2D eigenvalue weighted by Gasteiger charge is 2.00. The molecule has 0 saturated heterocycles. The van der Waals surface area contributed by atoms with Gasteiger partial charge >= 0.3 is 0 Å². The third-order valence-electron chi connectivity index (χ3n) is 2.02. The summed E-state index contributed by atoms with van der Waals surface area (Å²) in [5.41, 5.74) is 0. The first kappa shape index (κ1) is 13.7. The molecular formula is C12H25NO. The summed E-state index contributed by atoms with van der Waals surface area (Å²) in [7, 11) is 0. The van der Waals surface area contributed by atoms with Crippen LogP contribution < -0.4 is 5.32 Å². The van der Waals surface area contributed by atoms with Gasteiger partial charge in [-0.25, -0.2) is 0 Å². The second-order valence-corrected chi connectivity index (χ2v) is 3.82. The molecule has 14 heavy (non-hydrogen) atoms. The Bertz CT molecular complexity index is 125. The molecule has 0 aliphatic carbocycles. The molecule has 2 nitrogen and oxygen atoms in total. The quantitative estimate of drug-likeness (QED) is 0.431.